The van der Waals surface area contributed by atoms with Crippen molar-refractivity contribution in [3.05, 3.63) is 71.0 Å². The van der Waals surface area contributed by atoms with Gasteiger partial charge in [-0.25, -0.2) is 0 Å². The van der Waals surface area contributed by atoms with Gasteiger partial charge in [-0.05, 0) is 61.6 Å². The normalized spacial score (nSPS) is 10.9. The molecule has 1 heterocycles. The molecule has 3 N–H and O–H groups in total. The number of hydrogen-bond donors (Lipinski definition) is 2. The number of hydrogen-bond acceptors (Lipinski definition) is 4. The number of carbonyl (C=O) groups excluding carboxylic acids is 2. The second-order valence-electron chi connectivity index (χ2n) is 8.29. The van der Waals surface area contributed by atoms with E-state index in [0.717, 1.165) is 60.2 Å². The average Bonchev–Trinajstić information content (AvgIpc) is 3.05. The number of aromatic nitrogens is 1. The lowest BCUT2D eigenvalue weighted by molar-refractivity contribution is -0.131. The summed E-state index contributed by atoms with van der Waals surface area (Å²) < 4.78 is 7.37. The monoisotopic (exact) mass is 448 g/mol. The highest BCUT2D eigenvalue weighted by molar-refractivity contribution is 6.02. The van der Waals surface area contributed by atoms with Gasteiger partial charge < -0.3 is 20.1 Å². The first-order valence-corrected chi connectivity index (χ1v) is 11.4. The molecule has 0 saturated heterocycles. The Morgan fingerprint density at radius 3 is 2.24 bits per heavy atom. The fourth-order valence-corrected chi connectivity index (χ4v) is 4.27. The molecule has 0 unspecified atom stereocenters. The summed E-state index contributed by atoms with van der Waals surface area (Å²) in [7, 11) is 0. The number of esters is 1. The first-order chi connectivity index (χ1) is 15.8. The predicted octanol–water partition coefficient (Wildman–Crippen LogP) is 5.17. The molecule has 6 heteroatoms. The van der Waals surface area contributed by atoms with Gasteiger partial charge in [-0.2, -0.15) is 0 Å². The number of aromatic hydroxyl groups is 1. The standard InChI is InChI=1S/C27H32N2O4/c1-4-5-6-7-24-26(21-10-14-23(15-11-21)33-19(3)30)25(27(28)32)18(2)29(24)17-16-20-8-12-22(31)13-9-20/h8-15,31H,4-7,16-17H2,1-3H3,(H2,28,32). The van der Waals surface area contributed by atoms with Crippen LogP contribution in [-0.4, -0.2) is 21.6 Å². The van der Waals surface area contributed by atoms with Crippen LogP contribution in [0.25, 0.3) is 11.1 Å². The summed E-state index contributed by atoms with van der Waals surface area (Å²) in [5.74, 6) is -0.127. The number of nitrogens with two attached hydrogens (primary N) is 1. The number of ether oxygens (including phenoxy) is 1. The fraction of sp³-hybridized carbons (Fsp3) is 0.333. The highest BCUT2D eigenvalue weighted by Gasteiger charge is 2.24. The SMILES string of the molecule is CCCCCc1c(-c2ccc(OC(C)=O)cc2)c(C(N)=O)c(C)n1CCc1ccc(O)cc1. The zero-order chi connectivity index (χ0) is 24.0. The second kappa shape index (κ2) is 10.9. The summed E-state index contributed by atoms with van der Waals surface area (Å²) in [6.45, 7) is 6.17. The minimum Gasteiger partial charge on any atom is -0.508 e. The number of rotatable bonds is 10. The van der Waals surface area contributed by atoms with Gasteiger partial charge in [0.15, 0.2) is 0 Å². The van der Waals surface area contributed by atoms with Crippen LogP contribution in [0.3, 0.4) is 0 Å². The number of benzene rings is 2. The van der Waals surface area contributed by atoms with Gasteiger partial charge in [0, 0.05) is 30.4 Å². The Morgan fingerprint density at radius 2 is 1.67 bits per heavy atom. The van der Waals surface area contributed by atoms with E-state index in [4.69, 9.17) is 10.5 Å². The third-order valence-corrected chi connectivity index (χ3v) is 5.86. The van der Waals surface area contributed by atoms with Crippen molar-refractivity contribution in [2.45, 2.75) is 59.4 Å². The molecular formula is C27H32N2O4. The molecule has 3 aromatic rings. The van der Waals surface area contributed by atoms with E-state index in [-0.39, 0.29) is 11.7 Å². The summed E-state index contributed by atoms with van der Waals surface area (Å²) in [5.41, 5.74) is 11.2. The van der Waals surface area contributed by atoms with E-state index in [9.17, 15) is 14.7 Å². The number of amides is 1. The number of primary amides is 1. The van der Waals surface area contributed by atoms with Crippen molar-refractivity contribution < 1.29 is 19.4 Å². The van der Waals surface area contributed by atoms with Crippen LogP contribution in [0.15, 0.2) is 48.5 Å². The molecule has 174 valence electrons. The minimum atomic E-state index is -0.452. The van der Waals surface area contributed by atoms with Gasteiger partial charge in [0.05, 0.1) is 5.56 Å². The largest absolute Gasteiger partial charge is 0.508 e. The molecule has 0 atom stereocenters. The number of phenolic OH excluding ortho intramolecular Hbond substituents is 1. The highest BCUT2D eigenvalue weighted by Crippen LogP contribution is 2.35. The van der Waals surface area contributed by atoms with Crippen molar-refractivity contribution in [2.75, 3.05) is 0 Å². The molecule has 33 heavy (non-hydrogen) atoms. The molecule has 3 rings (SSSR count). The van der Waals surface area contributed by atoms with Crippen molar-refractivity contribution in [1.82, 2.24) is 4.57 Å². The molecule has 0 radical (unpaired) electrons. The van der Waals surface area contributed by atoms with Crippen LogP contribution in [0.2, 0.25) is 0 Å². The quantitative estimate of drug-likeness (QED) is 0.254. The molecule has 0 aliphatic carbocycles. The molecule has 1 aromatic heterocycles. The molecule has 1 amide bonds. The predicted molar refractivity (Wildman–Crippen MR) is 129 cm³/mol. The first kappa shape index (κ1) is 24.1. The molecule has 0 saturated carbocycles. The van der Waals surface area contributed by atoms with Crippen LogP contribution in [-0.2, 0) is 24.2 Å². The lowest BCUT2D eigenvalue weighted by Gasteiger charge is -2.14. The zero-order valence-corrected chi connectivity index (χ0v) is 19.6. The van der Waals surface area contributed by atoms with Crippen molar-refractivity contribution in [3.63, 3.8) is 0 Å². The summed E-state index contributed by atoms with van der Waals surface area (Å²) in [4.78, 5) is 23.8. The molecule has 2 aromatic carbocycles. The van der Waals surface area contributed by atoms with Crippen LogP contribution in [0.4, 0.5) is 0 Å². The van der Waals surface area contributed by atoms with Crippen LogP contribution >= 0.6 is 0 Å². The lowest BCUT2D eigenvalue weighted by atomic mass is 9.97. The molecule has 0 fully saturated rings. The van der Waals surface area contributed by atoms with E-state index < -0.39 is 5.91 Å². The van der Waals surface area contributed by atoms with Crippen molar-refractivity contribution in [3.8, 4) is 22.6 Å². The second-order valence-corrected chi connectivity index (χ2v) is 8.29. The van der Waals surface area contributed by atoms with E-state index >= 15 is 0 Å². The Bertz CT molecular complexity index is 1110. The number of nitrogens with zero attached hydrogens (tertiary/aromatic N) is 1. The summed E-state index contributed by atoms with van der Waals surface area (Å²) in [6, 6.07) is 14.4. The van der Waals surface area contributed by atoms with Crippen molar-refractivity contribution in [2.24, 2.45) is 5.73 Å². The van der Waals surface area contributed by atoms with Crippen LogP contribution in [0.5, 0.6) is 11.5 Å². The molecule has 0 bridgehead atoms. The first-order valence-electron chi connectivity index (χ1n) is 11.4. The van der Waals surface area contributed by atoms with E-state index in [1.54, 1.807) is 24.3 Å². The van der Waals surface area contributed by atoms with Crippen LogP contribution < -0.4 is 10.5 Å². The van der Waals surface area contributed by atoms with Gasteiger partial charge >= 0.3 is 5.97 Å². The molecule has 0 spiro atoms. The topological polar surface area (TPSA) is 94.5 Å². The van der Waals surface area contributed by atoms with Gasteiger partial charge in [0.2, 0.25) is 0 Å². The fourth-order valence-electron chi connectivity index (χ4n) is 4.27. The minimum absolute atomic E-state index is 0.242. The van der Waals surface area contributed by atoms with Gasteiger partial charge in [0.1, 0.15) is 11.5 Å². The maximum absolute atomic E-state index is 12.5. The Hall–Kier alpha value is -3.54. The number of carbonyl (C=O) groups is 2. The van der Waals surface area contributed by atoms with E-state index in [1.165, 1.54) is 6.92 Å². The van der Waals surface area contributed by atoms with Crippen molar-refractivity contribution >= 4 is 11.9 Å². The number of aryl methyl sites for hydroxylation is 1. The maximum atomic E-state index is 12.5. The Morgan fingerprint density at radius 1 is 1.00 bits per heavy atom. The summed E-state index contributed by atoms with van der Waals surface area (Å²) >= 11 is 0. The maximum Gasteiger partial charge on any atom is 0.308 e. The summed E-state index contributed by atoms with van der Waals surface area (Å²) in [5, 5.41) is 9.56. The van der Waals surface area contributed by atoms with Gasteiger partial charge in [-0.3, -0.25) is 9.59 Å². The van der Waals surface area contributed by atoms with Gasteiger partial charge in [0.25, 0.3) is 5.91 Å². The van der Waals surface area contributed by atoms with E-state index in [2.05, 4.69) is 11.5 Å². The molecular weight excluding hydrogens is 416 g/mol. The Labute approximate surface area is 195 Å². The highest BCUT2D eigenvalue weighted by atomic mass is 16.5. The Balaban J connectivity index is 2.05. The lowest BCUT2D eigenvalue weighted by Crippen LogP contribution is -2.14. The average molecular weight is 449 g/mol. The van der Waals surface area contributed by atoms with Crippen molar-refractivity contribution in [1.29, 1.82) is 0 Å². The Kier molecular flexibility index (Phi) is 7.93. The summed E-state index contributed by atoms with van der Waals surface area (Å²) in [6.07, 6.45) is 4.80. The third-order valence-electron chi connectivity index (χ3n) is 5.86. The smallest absolute Gasteiger partial charge is 0.308 e. The number of phenols is 1. The molecule has 0 aliphatic heterocycles. The van der Waals surface area contributed by atoms with Gasteiger partial charge in [-0.15, -0.1) is 0 Å². The zero-order valence-electron chi connectivity index (χ0n) is 19.6. The van der Waals surface area contributed by atoms with E-state index in [1.807, 2.05) is 31.2 Å². The molecule has 6 nitrogen and oxygen atoms in total. The van der Waals surface area contributed by atoms with Crippen LogP contribution in [0, 0.1) is 6.92 Å². The number of unbranched alkanes of at least 4 members (excludes halogenated alkanes) is 2. The van der Waals surface area contributed by atoms with E-state index in [0.29, 0.717) is 17.9 Å². The van der Waals surface area contributed by atoms with Crippen LogP contribution in [0.1, 0.15) is 60.4 Å². The van der Waals surface area contributed by atoms with Gasteiger partial charge in [-0.1, -0.05) is 44.0 Å². The third kappa shape index (κ3) is 5.83. The molecule has 0 aliphatic rings.